The van der Waals surface area contributed by atoms with Crippen LogP contribution in [0.2, 0.25) is 0 Å². The van der Waals surface area contributed by atoms with Gasteiger partial charge in [-0.25, -0.2) is 8.78 Å². The van der Waals surface area contributed by atoms with Gasteiger partial charge in [0.1, 0.15) is 5.83 Å². The van der Waals surface area contributed by atoms with Crippen LogP contribution in [0.5, 0.6) is 0 Å². The molecular formula is C31H48F2O2. The van der Waals surface area contributed by atoms with Crippen LogP contribution >= 0.6 is 0 Å². The highest BCUT2D eigenvalue weighted by Crippen LogP contribution is 2.49. The van der Waals surface area contributed by atoms with Crippen LogP contribution in [0.4, 0.5) is 8.78 Å². The van der Waals surface area contributed by atoms with Crippen LogP contribution in [0.1, 0.15) is 116 Å². The summed E-state index contributed by atoms with van der Waals surface area (Å²) in [5, 5.41) is 0. The van der Waals surface area contributed by atoms with Gasteiger partial charge in [-0.05, 0) is 93.0 Å². The minimum absolute atomic E-state index is 0.207. The van der Waals surface area contributed by atoms with Gasteiger partial charge in [-0.15, -0.1) is 0 Å². The topological polar surface area (TPSA) is 18.5 Å². The van der Waals surface area contributed by atoms with E-state index in [2.05, 4.69) is 13.0 Å². The first-order chi connectivity index (χ1) is 17.1. The van der Waals surface area contributed by atoms with Crippen LogP contribution in [0.25, 0.3) is 0 Å². The van der Waals surface area contributed by atoms with Crippen molar-refractivity contribution in [2.24, 2.45) is 35.5 Å². The summed E-state index contributed by atoms with van der Waals surface area (Å²) in [6.45, 7) is 3.73. The molecule has 0 aromatic heterocycles. The highest BCUT2D eigenvalue weighted by atomic mass is 19.2. The smallest absolute Gasteiger partial charge is 0.168 e. The molecule has 1 unspecified atom stereocenters. The van der Waals surface area contributed by atoms with E-state index in [1.165, 1.54) is 51.4 Å². The molecule has 1 heterocycles. The zero-order chi connectivity index (χ0) is 24.3. The van der Waals surface area contributed by atoms with Gasteiger partial charge < -0.3 is 9.47 Å². The van der Waals surface area contributed by atoms with Crippen molar-refractivity contribution in [3.8, 4) is 0 Å². The van der Waals surface area contributed by atoms with E-state index in [1.807, 2.05) is 0 Å². The maximum atomic E-state index is 15.3. The molecule has 35 heavy (non-hydrogen) atoms. The quantitative estimate of drug-likeness (QED) is 0.331. The Morgan fingerprint density at radius 2 is 1.43 bits per heavy atom. The predicted molar refractivity (Wildman–Crippen MR) is 137 cm³/mol. The summed E-state index contributed by atoms with van der Waals surface area (Å²) in [6.07, 6.45) is 21.4. The van der Waals surface area contributed by atoms with Crippen LogP contribution in [-0.4, -0.2) is 19.0 Å². The van der Waals surface area contributed by atoms with Gasteiger partial charge in [0.25, 0.3) is 0 Å². The van der Waals surface area contributed by atoms with Crippen molar-refractivity contribution in [1.29, 1.82) is 0 Å². The van der Waals surface area contributed by atoms with E-state index in [1.54, 1.807) is 0 Å². The van der Waals surface area contributed by atoms with Gasteiger partial charge in [0, 0.05) is 18.8 Å². The molecule has 1 aliphatic heterocycles. The third-order valence-electron chi connectivity index (χ3n) is 10.5. The second-order valence-corrected chi connectivity index (χ2v) is 12.5. The van der Waals surface area contributed by atoms with Crippen molar-refractivity contribution >= 4 is 0 Å². The van der Waals surface area contributed by atoms with Crippen LogP contribution in [0.15, 0.2) is 23.3 Å². The summed E-state index contributed by atoms with van der Waals surface area (Å²) in [7, 11) is 0. The average Bonchev–Trinajstić information content (AvgIpc) is 3.35. The minimum Gasteiger partial charge on any atom is -0.348 e. The molecule has 0 radical (unpaired) electrons. The zero-order valence-electron chi connectivity index (χ0n) is 22.0. The fraction of sp³-hybridized carbons (Fsp3) is 0.871. The Bertz CT molecular complexity index is 742. The number of unbranched alkanes of at least 4 members (excludes halogenated alkanes) is 2. The summed E-state index contributed by atoms with van der Waals surface area (Å²) >= 11 is 0. The molecule has 198 valence electrons. The first-order valence-corrected chi connectivity index (χ1v) is 15.1. The molecule has 4 aliphatic carbocycles. The fourth-order valence-electron chi connectivity index (χ4n) is 8.29. The number of halogens is 2. The van der Waals surface area contributed by atoms with Gasteiger partial charge in [-0.1, -0.05) is 51.5 Å². The van der Waals surface area contributed by atoms with Gasteiger partial charge in [-0.2, -0.15) is 0 Å². The van der Waals surface area contributed by atoms with Gasteiger partial charge in [-0.3, -0.25) is 0 Å². The molecule has 1 saturated heterocycles. The molecule has 1 atom stereocenters. The van der Waals surface area contributed by atoms with E-state index in [-0.39, 0.29) is 17.6 Å². The van der Waals surface area contributed by atoms with Gasteiger partial charge in [0.15, 0.2) is 11.6 Å². The van der Waals surface area contributed by atoms with Crippen molar-refractivity contribution in [2.45, 2.75) is 122 Å². The third-order valence-corrected chi connectivity index (χ3v) is 10.5. The minimum atomic E-state index is -0.482. The molecule has 1 spiro atoms. The van der Waals surface area contributed by atoms with E-state index in [4.69, 9.17) is 9.47 Å². The molecule has 4 heteroatoms. The number of ether oxygens (including phenoxy) is 2. The van der Waals surface area contributed by atoms with Crippen molar-refractivity contribution in [1.82, 2.24) is 0 Å². The van der Waals surface area contributed by atoms with Crippen molar-refractivity contribution in [3.63, 3.8) is 0 Å². The monoisotopic (exact) mass is 490 g/mol. The Kier molecular flexibility index (Phi) is 8.70. The van der Waals surface area contributed by atoms with Gasteiger partial charge >= 0.3 is 0 Å². The Balaban J connectivity index is 1.09. The van der Waals surface area contributed by atoms with E-state index >= 15 is 8.78 Å². The second-order valence-electron chi connectivity index (χ2n) is 12.5. The highest BCUT2D eigenvalue weighted by Gasteiger charge is 2.43. The molecule has 0 aromatic carbocycles. The lowest BCUT2D eigenvalue weighted by molar-refractivity contribution is -0.185. The summed E-state index contributed by atoms with van der Waals surface area (Å²) < 4.78 is 42.5. The summed E-state index contributed by atoms with van der Waals surface area (Å²) in [6, 6.07) is 0. The number of hydrogen-bond donors (Lipinski definition) is 0. The normalized spacial score (nSPS) is 36.5. The average molecular weight is 491 g/mol. The SMILES string of the molecule is CCCCCC1CCC(C2CC=C(C3CCC(C4CCC5(CC4)OCCO5)CC3)C(F)=C2F)CC1. The summed E-state index contributed by atoms with van der Waals surface area (Å²) in [4.78, 5) is 0. The Hall–Kier alpha value is -0.740. The van der Waals surface area contributed by atoms with Crippen molar-refractivity contribution in [3.05, 3.63) is 23.3 Å². The number of rotatable bonds is 7. The molecule has 5 rings (SSSR count). The molecule has 0 amide bonds. The van der Waals surface area contributed by atoms with E-state index in [0.717, 1.165) is 82.3 Å². The molecule has 2 nitrogen and oxygen atoms in total. The van der Waals surface area contributed by atoms with E-state index < -0.39 is 11.7 Å². The molecule has 4 fully saturated rings. The summed E-state index contributed by atoms with van der Waals surface area (Å²) in [5.41, 5.74) is 0.709. The van der Waals surface area contributed by atoms with Crippen molar-refractivity contribution < 1.29 is 18.3 Å². The van der Waals surface area contributed by atoms with Crippen LogP contribution in [0, 0.1) is 35.5 Å². The molecule has 0 N–H and O–H groups in total. The van der Waals surface area contributed by atoms with Crippen LogP contribution < -0.4 is 0 Å². The lowest BCUT2D eigenvalue weighted by Crippen LogP contribution is -2.37. The molecule has 0 bridgehead atoms. The fourth-order valence-corrected chi connectivity index (χ4v) is 8.29. The third kappa shape index (κ3) is 5.89. The molecule has 5 aliphatic rings. The maximum absolute atomic E-state index is 15.3. The van der Waals surface area contributed by atoms with E-state index in [0.29, 0.717) is 17.9 Å². The maximum Gasteiger partial charge on any atom is 0.168 e. The lowest BCUT2D eigenvalue weighted by Gasteiger charge is -2.41. The molecular weight excluding hydrogens is 442 g/mol. The largest absolute Gasteiger partial charge is 0.348 e. The van der Waals surface area contributed by atoms with E-state index in [9.17, 15) is 0 Å². The predicted octanol–water partition coefficient (Wildman–Crippen LogP) is 9.21. The number of hydrogen-bond acceptors (Lipinski definition) is 2. The molecule has 3 saturated carbocycles. The van der Waals surface area contributed by atoms with Gasteiger partial charge in [0.05, 0.1) is 13.2 Å². The second kappa shape index (κ2) is 11.8. The summed E-state index contributed by atoms with van der Waals surface area (Å²) in [5.74, 6) is 1.45. The lowest BCUT2D eigenvalue weighted by atomic mass is 9.67. The first-order valence-electron chi connectivity index (χ1n) is 15.1. The first kappa shape index (κ1) is 25.9. The molecule has 0 aromatic rings. The van der Waals surface area contributed by atoms with Gasteiger partial charge in [0.2, 0.25) is 0 Å². The Morgan fingerprint density at radius 3 is 2.09 bits per heavy atom. The highest BCUT2D eigenvalue weighted by molar-refractivity contribution is 5.35. The zero-order valence-corrected chi connectivity index (χ0v) is 22.0. The Morgan fingerprint density at radius 1 is 0.800 bits per heavy atom. The van der Waals surface area contributed by atoms with Crippen LogP contribution in [0.3, 0.4) is 0 Å². The number of allylic oxidation sites excluding steroid dienone is 4. The standard InChI is InChI=1S/C31H48F2O2/c1-2-3-4-5-22-6-8-25(9-7-22)27-14-15-28(30(33)29(27)32)26-12-10-23(11-13-26)24-16-18-31(19-17-24)34-20-21-35-31/h15,22-27H,2-14,16-21H2,1H3. The van der Waals surface area contributed by atoms with Crippen LogP contribution in [-0.2, 0) is 9.47 Å². The van der Waals surface area contributed by atoms with Crippen molar-refractivity contribution in [2.75, 3.05) is 13.2 Å². The Labute approximate surface area is 212 Å².